The van der Waals surface area contributed by atoms with Crippen molar-refractivity contribution in [2.75, 3.05) is 39.8 Å². The highest BCUT2D eigenvalue weighted by atomic mass is 16.1. The first kappa shape index (κ1) is 12.8. The minimum atomic E-state index is -0.803. The number of likely N-dealkylation sites (N-methyl/N-ethyl adjacent to an activating group) is 1. The Bertz CT molecular complexity index is 292. The van der Waals surface area contributed by atoms with Gasteiger partial charge in [0.2, 0.25) is 5.91 Å². The van der Waals surface area contributed by atoms with Crippen LogP contribution in [0.1, 0.15) is 19.3 Å². The Hall–Kier alpha value is -0.650. The quantitative estimate of drug-likeness (QED) is 0.676. The number of rotatable bonds is 4. The van der Waals surface area contributed by atoms with E-state index in [4.69, 9.17) is 11.5 Å². The molecule has 2 rings (SSSR count). The summed E-state index contributed by atoms with van der Waals surface area (Å²) < 4.78 is 0. The molecule has 4 N–H and O–H groups in total. The third-order valence-corrected chi connectivity index (χ3v) is 4.06. The van der Waals surface area contributed by atoms with E-state index in [1.807, 2.05) is 0 Å². The molecule has 98 valence electrons. The van der Waals surface area contributed by atoms with Crippen molar-refractivity contribution in [3.05, 3.63) is 0 Å². The van der Waals surface area contributed by atoms with E-state index in [1.165, 1.54) is 0 Å². The number of nitrogens with zero attached hydrogens (tertiary/aromatic N) is 2. The van der Waals surface area contributed by atoms with E-state index >= 15 is 0 Å². The van der Waals surface area contributed by atoms with Crippen LogP contribution in [-0.2, 0) is 4.79 Å². The molecule has 1 saturated carbocycles. The van der Waals surface area contributed by atoms with Gasteiger partial charge in [0.25, 0.3) is 0 Å². The first-order chi connectivity index (χ1) is 8.02. The second-order valence-corrected chi connectivity index (χ2v) is 5.61. The van der Waals surface area contributed by atoms with Crippen LogP contribution < -0.4 is 11.5 Å². The van der Waals surface area contributed by atoms with E-state index in [0.29, 0.717) is 12.5 Å². The summed E-state index contributed by atoms with van der Waals surface area (Å²) in [6, 6.07) is 0. The van der Waals surface area contributed by atoms with Crippen LogP contribution in [0.15, 0.2) is 0 Å². The number of carbonyl (C=O) groups excluding carboxylic acids is 1. The zero-order valence-electron chi connectivity index (χ0n) is 10.7. The summed E-state index contributed by atoms with van der Waals surface area (Å²) in [5, 5.41) is 0. The molecular formula is C12H24N4O. The summed E-state index contributed by atoms with van der Waals surface area (Å²) in [5.74, 6) is -0.0291. The normalized spacial score (nSPS) is 27.4. The van der Waals surface area contributed by atoms with Gasteiger partial charge in [0, 0.05) is 19.6 Å². The maximum absolute atomic E-state index is 11.6. The Kier molecular flexibility index (Phi) is 3.70. The fourth-order valence-electron chi connectivity index (χ4n) is 2.63. The van der Waals surface area contributed by atoms with Crippen LogP contribution in [0.3, 0.4) is 0 Å². The number of nitrogens with two attached hydrogens (primary N) is 2. The van der Waals surface area contributed by atoms with Crippen LogP contribution in [0.25, 0.3) is 0 Å². The summed E-state index contributed by atoms with van der Waals surface area (Å²) in [5.41, 5.74) is 10.9. The van der Waals surface area contributed by atoms with E-state index in [0.717, 1.165) is 45.4 Å². The van der Waals surface area contributed by atoms with Gasteiger partial charge < -0.3 is 16.4 Å². The average molecular weight is 240 g/mol. The fourth-order valence-corrected chi connectivity index (χ4v) is 2.63. The van der Waals surface area contributed by atoms with Crippen LogP contribution in [0.2, 0.25) is 0 Å². The summed E-state index contributed by atoms with van der Waals surface area (Å²) >= 11 is 0. The van der Waals surface area contributed by atoms with Crippen molar-refractivity contribution in [1.29, 1.82) is 0 Å². The third-order valence-electron chi connectivity index (χ3n) is 4.06. The van der Waals surface area contributed by atoms with Gasteiger partial charge >= 0.3 is 0 Å². The monoisotopic (exact) mass is 240 g/mol. The van der Waals surface area contributed by atoms with Crippen molar-refractivity contribution >= 4 is 5.91 Å². The predicted octanol–water partition coefficient (Wildman–Crippen LogP) is -0.783. The van der Waals surface area contributed by atoms with Crippen molar-refractivity contribution in [2.45, 2.75) is 24.8 Å². The number of hydrogen-bond donors (Lipinski definition) is 2. The number of carbonyl (C=O) groups is 1. The van der Waals surface area contributed by atoms with Crippen LogP contribution in [0.4, 0.5) is 0 Å². The summed E-state index contributed by atoms with van der Waals surface area (Å²) in [6.45, 7) is 4.78. The van der Waals surface area contributed by atoms with E-state index in [2.05, 4.69) is 16.8 Å². The Balaban J connectivity index is 1.95. The summed E-state index contributed by atoms with van der Waals surface area (Å²) in [4.78, 5) is 16.2. The first-order valence-electron chi connectivity index (χ1n) is 6.52. The number of primary amides is 1. The zero-order chi connectivity index (χ0) is 12.5. The van der Waals surface area contributed by atoms with E-state index in [1.54, 1.807) is 0 Å². The van der Waals surface area contributed by atoms with Gasteiger partial charge in [-0.1, -0.05) is 0 Å². The van der Waals surface area contributed by atoms with E-state index < -0.39 is 5.54 Å². The topological polar surface area (TPSA) is 75.6 Å². The average Bonchev–Trinajstić information content (AvgIpc) is 3.07. The molecule has 1 saturated heterocycles. The first-order valence-corrected chi connectivity index (χ1v) is 6.52. The van der Waals surface area contributed by atoms with Crippen molar-refractivity contribution in [2.24, 2.45) is 17.4 Å². The van der Waals surface area contributed by atoms with Gasteiger partial charge in [-0.2, -0.15) is 0 Å². The van der Waals surface area contributed by atoms with Gasteiger partial charge in [-0.25, -0.2) is 0 Å². The lowest BCUT2D eigenvalue weighted by atomic mass is 9.93. The SMILES string of the molecule is CN1CCCN(CC(N)(C(N)=O)C2CC2)CC1. The Labute approximate surface area is 103 Å². The van der Waals surface area contributed by atoms with Crippen LogP contribution in [0, 0.1) is 5.92 Å². The lowest BCUT2D eigenvalue weighted by Gasteiger charge is -2.32. The second kappa shape index (κ2) is 4.92. The predicted molar refractivity (Wildman–Crippen MR) is 67.4 cm³/mol. The van der Waals surface area contributed by atoms with Gasteiger partial charge in [0.15, 0.2) is 0 Å². The van der Waals surface area contributed by atoms with Gasteiger partial charge in [-0.3, -0.25) is 9.69 Å². The van der Waals surface area contributed by atoms with Crippen molar-refractivity contribution in [1.82, 2.24) is 9.80 Å². The molecule has 2 fully saturated rings. The Morgan fingerprint density at radius 1 is 1.29 bits per heavy atom. The molecule has 1 amide bonds. The second-order valence-electron chi connectivity index (χ2n) is 5.61. The molecule has 1 aliphatic heterocycles. The number of amides is 1. The summed E-state index contributed by atoms with van der Waals surface area (Å²) in [7, 11) is 2.13. The van der Waals surface area contributed by atoms with Crippen molar-refractivity contribution in [3.63, 3.8) is 0 Å². The van der Waals surface area contributed by atoms with Gasteiger partial charge in [0.1, 0.15) is 5.54 Å². The minimum absolute atomic E-state index is 0.306. The Morgan fingerprint density at radius 2 is 2.00 bits per heavy atom. The molecule has 17 heavy (non-hydrogen) atoms. The van der Waals surface area contributed by atoms with Crippen LogP contribution in [0.5, 0.6) is 0 Å². The smallest absolute Gasteiger partial charge is 0.239 e. The molecule has 1 unspecified atom stereocenters. The zero-order valence-corrected chi connectivity index (χ0v) is 10.7. The molecule has 0 bridgehead atoms. The minimum Gasteiger partial charge on any atom is -0.368 e. The van der Waals surface area contributed by atoms with Gasteiger partial charge in [-0.15, -0.1) is 0 Å². The molecular weight excluding hydrogens is 216 g/mol. The summed E-state index contributed by atoms with van der Waals surface area (Å²) in [6.07, 6.45) is 3.23. The van der Waals surface area contributed by atoms with Crippen LogP contribution in [-0.4, -0.2) is 61.0 Å². The van der Waals surface area contributed by atoms with Gasteiger partial charge in [-0.05, 0) is 45.3 Å². The molecule has 0 spiro atoms. The van der Waals surface area contributed by atoms with Crippen LogP contribution >= 0.6 is 0 Å². The Morgan fingerprint density at radius 3 is 2.59 bits per heavy atom. The largest absolute Gasteiger partial charge is 0.368 e. The van der Waals surface area contributed by atoms with Gasteiger partial charge in [0.05, 0.1) is 0 Å². The fraction of sp³-hybridized carbons (Fsp3) is 0.917. The molecule has 0 radical (unpaired) electrons. The molecule has 0 aromatic carbocycles. The highest BCUT2D eigenvalue weighted by molar-refractivity contribution is 5.85. The highest BCUT2D eigenvalue weighted by Crippen LogP contribution is 2.38. The molecule has 1 aliphatic carbocycles. The maximum atomic E-state index is 11.6. The molecule has 0 aromatic heterocycles. The molecule has 1 heterocycles. The lowest BCUT2D eigenvalue weighted by Crippen LogP contribution is -2.61. The van der Waals surface area contributed by atoms with E-state index in [9.17, 15) is 4.79 Å². The highest BCUT2D eigenvalue weighted by Gasteiger charge is 2.47. The standard InChI is InChI=1S/C12H24N4O/c1-15-5-2-6-16(8-7-15)9-12(14,11(13)17)10-3-4-10/h10H,2-9,14H2,1H3,(H2,13,17). The molecule has 5 nitrogen and oxygen atoms in total. The maximum Gasteiger partial charge on any atom is 0.239 e. The number of hydrogen-bond acceptors (Lipinski definition) is 4. The molecule has 5 heteroatoms. The van der Waals surface area contributed by atoms with Crippen molar-refractivity contribution < 1.29 is 4.79 Å². The third kappa shape index (κ3) is 2.97. The lowest BCUT2D eigenvalue weighted by molar-refractivity contribution is -0.124. The molecule has 1 atom stereocenters. The molecule has 0 aromatic rings. The van der Waals surface area contributed by atoms with E-state index in [-0.39, 0.29) is 5.91 Å². The van der Waals surface area contributed by atoms with Crippen molar-refractivity contribution in [3.8, 4) is 0 Å². The molecule has 2 aliphatic rings.